The third-order valence-electron chi connectivity index (χ3n) is 4.99. The molecule has 0 spiro atoms. The summed E-state index contributed by atoms with van der Waals surface area (Å²) in [5, 5.41) is 0. The zero-order chi connectivity index (χ0) is 25.1. The van der Waals surface area contributed by atoms with Crippen LogP contribution in [0.4, 0.5) is 24.7 Å². The monoisotopic (exact) mass is 517 g/mol. The van der Waals surface area contributed by atoms with Gasteiger partial charge in [-0.25, -0.2) is 26.5 Å². The zero-order valence-electron chi connectivity index (χ0n) is 17.9. The Bertz CT molecular complexity index is 1290. The van der Waals surface area contributed by atoms with Crippen molar-refractivity contribution in [2.75, 3.05) is 36.8 Å². The Morgan fingerprint density at radius 2 is 1.74 bits per heavy atom. The molecule has 1 saturated heterocycles. The number of hydrogen-bond acceptors (Lipinski definition) is 7. The van der Waals surface area contributed by atoms with E-state index in [1.807, 2.05) is 4.90 Å². The van der Waals surface area contributed by atoms with Crippen LogP contribution in [-0.4, -0.2) is 64.5 Å². The number of nitrogens with zero attached hydrogens (tertiary/aromatic N) is 3. The molecule has 1 fully saturated rings. The van der Waals surface area contributed by atoms with Gasteiger partial charge in [-0.05, 0) is 43.3 Å². The van der Waals surface area contributed by atoms with Crippen molar-refractivity contribution in [3.63, 3.8) is 0 Å². The van der Waals surface area contributed by atoms with Crippen LogP contribution >= 0.6 is 0 Å². The normalized spacial score (nSPS) is 17.8. The molecule has 34 heavy (non-hydrogen) atoms. The molecule has 9 nitrogen and oxygen atoms in total. The maximum Gasteiger partial charge on any atom is 0.402 e. The van der Waals surface area contributed by atoms with Gasteiger partial charge < -0.3 is 10.6 Å². The van der Waals surface area contributed by atoms with Gasteiger partial charge in [0.15, 0.2) is 0 Å². The van der Waals surface area contributed by atoms with E-state index in [1.165, 1.54) is 51.6 Å². The summed E-state index contributed by atoms with van der Waals surface area (Å²) in [6, 6.07) is 7.49. The van der Waals surface area contributed by atoms with Gasteiger partial charge in [0, 0.05) is 31.5 Å². The minimum Gasteiger partial charge on any atom is -0.384 e. The first-order valence-electron chi connectivity index (χ1n) is 9.90. The highest BCUT2D eigenvalue weighted by Crippen LogP contribution is 2.26. The molecule has 0 bridgehead atoms. The lowest BCUT2D eigenvalue weighted by molar-refractivity contribution is -0.121. The van der Waals surface area contributed by atoms with Crippen LogP contribution in [0.5, 0.6) is 0 Å². The zero-order valence-corrected chi connectivity index (χ0v) is 19.6. The first kappa shape index (κ1) is 25.8. The molecule has 0 saturated carbocycles. The lowest BCUT2D eigenvalue weighted by atomic mass is 10.1. The van der Waals surface area contributed by atoms with Crippen LogP contribution in [0.3, 0.4) is 0 Å². The molecular formula is C20H22F3N5O4S2. The van der Waals surface area contributed by atoms with Gasteiger partial charge in [-0.2, -0.15) is 17.5 Å². The van der Waals surface area contributed by atoms with E-state index >= 15 is 0 Å². The van der Waals surface area contributed by atoms with Crippen LogP contribution in [0, 0.1) is 11.8 Å². The van der Waals surface area contributed by atoms with E-state index in [2.05, 4.69) is 16.8 Å². The number of anilines is 2. The maximum absolute atomic E-state index is 13.0. The molecule has 0 aliphatic carbocycles. The first-order valence-corrected chi connectivity index (χ1v) is 12.8. The lowest BCUT2D eigenvalue weighted by Gasteiger charge is -2.39. The van der Waals surface area contributed by atoms with Crippen molar-refractivity contribution >= 4 is 31.6 Å². The molecule has 0 radical (unpaired) electrons. The molecule has 3 rings (SSSR count). The second kappa shape index (κ2) is 9.79. The summed E-state index contributed by atoms with van der Waals surface area (Å²) in [4.78, 5) is 5.31. The number of pyridine rings is 1. The Kier molecular flexibility index (Phi) is 7.41. The minimum atomic E-state index is -4.68. The Balaban J connectivity index is 1.79. The number of piperazine rings is 1. The van der Waals surface area contributed by atoms with E-state index < -0.39 is 38.8 Å². The highest BCUT2D eigenvalue weighted by molar-refractivity contribution is 7.89. The summed E-state index contributed by atoms with van der Waals surface area (Å²) in [6.07, 6.45) is -3.50. The van der Waals surface area contributed by atoms with Crippen molar-refractivity contribution in [1.29, 1.82) is 0 Å². The van der Waals surface area contributed by atoms with E-state index in [-0.39, 0.29) is 35.2 Å². The Hall–Kier alpha value is -2.86. The molecule has 14 heteroatoms. The number of halogens is 3. The molecule has 1 aliphatic heterocycles. The Morgan fingerprint density at radius 1 is 1.09 bits per heavy atom. The molecule has 184 valence electrons. The minimum absolute atomic E-state index is 0.000672. The van der Waals surface area contributed by atoms with Crippen molar-refractivity contribution in [3.05, 3.63) is 42.6 Å². The first-order chi connectivity index (χ1) is 15.8. The van der Waals surface area contributed by atoms with Gasteiger partial charge in [0.2, 0.25) is 20.0 Å². The number of sulfonamides is 2. The summed E-state index contributed by atoms with van der Waals surface area (Å²) in [5.41, 5.74) is 6.08. The second-order valence-corrected chi connectivity index (χ2v) is 11.0. The van der Waals surface area contributed by atoms with Crippen LogP contribution in [0.1, 0.15) is 6.92 Å². The van der Waals surface area contributed by atoms with Gasteiger partial charge in [0.25, 0.3) is 0 Å². The summed E-state index contributed by atoms with van der Waals surface area (Å²) >= 11 is 0. The van der Waals surface area contributed by atoms with Gasteiger partial charge in [-0.1, -0.05) is 5.92 Å². The number of nitrogens with two attached hydrogens (primary N) is 1. The number of benzene rings is 1. The quantitative estimate of drug-likeness (QED) is 0.555. The fraction of sp³-hybridized carbons (Fsp3) is 0.350. The maximum atomic E-state index is 13.0. The topological polar surface area (TPSA) is 126 Å². The van der Waals surface area contributed by atoms with Crippen molar-refractivity contribution in [3.8, 4) is 11.8 Å². The number of nitrogens with one attached hydrogen (secondary N) is 1. The summed E-state index contributed by atoms with van der Waals surface area (Å²) < 4.78 is 90.1. The van der Waals surface area contributed by atoms with Gasteiger partial charge in [0.05, 0.1) is 4.90 Å². The Labute approximate surface area is 195 Å². The standard InChI is InChI=1S/C20H22F3N5O4S2/c1-2-3-16-13-27(34(31,32)18-8-9-19(24)25-12-18)10-11-28(16)15-4-6-17(7-5-15)33(29,30)26-14-20(21,22)23/h4-9,12,16,26H,10-11,13-14H2,1H3,(H2,24,25)/t16-/m0/s1. The fourth-order valence-electron chi connectivity index (χ4n) is 3.35. The highest BCUT2D eigenvalue weighted by atomic mass is 32.2. The van der Waals surface area contributed by atoms with E-state index in [1.54, 1.807) is 6.92 Å². The van der Waals surface area contributed by atoms with Crippen molar-refractivity contribution in [1.82, 2.24) is 14.0 Å². The van der Waals surface area contributed by atoms with E-state index in [9.17, 15) is 30.0 Å². The van der Waals surface area contributed by atoms with Gasteiger partial charge in [0.1, 0.15) is 23.3 Å². The molecule has 2 aromatic rings. The predicted octanol–water partition coefficient (Wildman–Crippen LogP) is 1.41. The molecule has 1 atom stereocenters. The molecule has 1 aromatic heterocycles. The SMILES string of the molecule is CC#C[C@H]1CN(S(=O)(=O)c2ccc(N)nc2)CCN1c1ccc(S(=O)(=O)NCC(F)(F)F)cc1. The number of aromatic nitrogens is 1. The number of alkyl halides is 3. The van der Waals surface area contributed by atoms with Crippen LogP contribution in [-0.2, 0) is 20.0 Å². The largest absolute Gasteiger partial charge is 0.402 e. The van der Waals surface area contributed by atoms with Crippen molar-refractivity contribution in [2.45, 2.75) is 28.9 Å². The Morgan fingerprint density at radius 3 is 2.29 bits per heavy atom. The van der Waals surface area contributed by atoms with Gasteiger partial charge in [-0.15, -0.1) is 5.92 Å². The fourth-order valence-corrected chi connectivity index (χ4v) is 5.74. The third kappa shape index (κ3) is 5.98. The lowest BCUT2D eigenvalue weighted by Crippen LogP contribution is -2.54. The molecule has 1 aromatic carbocycles. The van der Waals surface area contributed by atoms with Crippen LogP contribution in [0.15, 0.2) is 52.4 Å². The number of hydrogen-bond donors (Lipinski definition) is 2. The van der Waals surface area contributed by atoms with E-state index in [0.717, 1.165) is 0 Å². The van der Waals surface area contributed by atoms with E-state index in [0.29, 0.717) is 5.69 Å². The summed E-state index contributed by atoms with van der Waals surface area (Å²) in [6.45, 7) is 0.352. The number of nitrogen functional groups attached to an aromatic ring is 1. The summed E-state index contributed by atoms with van der Waals surface area (Å²) in [7, 11) is -8.18. The molecular weight excluding hydrogens is 495 g/mol. The highest BCUT2D eigenvalue weighted by Gasteiger charge is 2.34. The van der Waals surface area contributed by atoms with Gasteiger partial charge in [-0.3, -0.25) is 0 Å². The van der Waals surface area contributed by atoms with Crippen LogP contribution in [0.2, 0.25) is 0 Å². The third-order valence-corrected chi connectivity index (χ3v) is 8.26. The number of rotatable bonds is 6. The molecule has 0 unspecified atom stereocenters. The van der Waals surface area contributed by atoms with E-state index in [4.69, 9.17) is 5.73 Å². The molecule has 1 aliphatic rings. The van der Waals surface area contributed by atoms with Crippen LogP contribution < -0.4 is 15.4 Å². The second-order valence-electron chi connectivity index (χ2n) is 7.32. The van der Waals surface area contributed by atoms with Crippen LogP contribution in [0.25, 0.3) is 0 Å². The average Bonchev–Trinajstić information content (AvgIpc) is 2.78. The smallest absolute Gasteiger partial charge is 0.384 e. The average molecular weight is 518 g/mol. The van der Waals surface area contributed by atoms with Crippen molar-refractivity contribution < 1.29 is 30.0 Å². The summed E-state index contributed by atoms with van der Waals surface area (Å²) in [5.74, 6) is 5.92. The molecule has 2 heterocycles. The van der Waals surface area contributed by atoms with Gasteiger partial charge >= 0.3 is 6.18 Å². The van der Waals surface area contributed by atoms with Crippen molar-refractivity contribution in [2.24, 2.45) is 0 Å². The predicted molar refractivity (Wildman–Crippen MR) is 120 cm³/mol. The molecule has 0 amide bonds. The molecule has 3 N–H and O–H groups in total.